The minimum absolute atomic E-state index is 0.148. The molecule has 1 aromatic carbocycles. The Kier molecular flexibility index (Phi) is 5.08. The first-order chi connectivity index (χ1) is 12.3. The van der Waals surface area contributed by atoms with Gasteiger partial charge in [-0.05, 0) is 25.1 Å². The highest BCUT2D eigenvalue weighted by Crippen LogP contribution is 2.25. The maximum absolute atomic E-state index is 12.6. The molecule has 0 N–H and O–H groups in total. The van der Waals surface area contributed by atoms with Gasteiger partial charge in [-0.2, -0.15) is 4.31 Å². The Bertz CT molecular complexity index is 946. The number of benzene rings is 1. The molecule has 2 heterocycles. The molecule has 0 atom stereocenters. The predicted octanol–water partition coefficient (Wildman–Crippen LogP) is 2.11. The van der Waals surface area contributed by atoms with E-state index >= 15 is 0 Å². The van der Waals surface area contributed by atoms with Crippen LogP contribution in [0, 0.1) is 17.0 Å². The second kappa shape index (κ2) is 7.14. The van der Waals surface area contributed by atoms with E-state index in [2.05, 4.69) is 0 Å². The number of thiophene rings is 1. The summed E-state index contributed by atoms with van der Waals surface area (Å²) in [6.45, 7) is 2.72. The van der Waals surface area contributed by atoms with Crippen molar-refractivity contribution in [2.24, 2.45) is 0 Å². The number of nitrogens with zero attached hydrogens (tertiary/aromatic N) is 3. The van der Waals surface area contributed by atoms with Crippen molar-refractivity contribution in [2.75, 3.05) is 26.2 Å². The molecule has 10 heteroatoms. The van der Waals surface area contributed by atoms with Gasteiger partial charge in [0.25, 0.3) is 21.6 Å². The molecule has 3 rings (SSSR count). The fourth-order valence-electron chi connectivity index (χ4n) is 2.74. The number of hydrogen-bond acceptors (Lipinski definition) is 6. The van der Waals surface area contributed by atoms with Gasteiger partial charge in [0.2, 0.25) is 0 Å². The van der Waals surface area contributed by atoms with Gasteiger partial charge in [-0.15, -0.1) is 11.3 Å². The van der Waals surface area contributed by atoms with E-state index < -0.39 is 14.9 Å². The van der Waals surface area contributed by atoms with E-state index in [0.717, 1.165) is 4.88 Å². The number of non-ortho nitro benzene ring substituents is 1. The molecule has 8 nitrogen and oxygen atoms in total. The number of aryl methyl sites for hydroxylation is 1. The monoisotopic (exact) mass is 395 g/mol. The Labute approximate surface area is 154 Å². The minimum Gasteiger partial charge on any atom is -0.336 e. The standard InChI is InChI=1S/C16H17N3O5S2/c1-12-5-6-15(25-12)26(23,24)18-9-7-17(8-10-18)16(20)13-3-2-4-14(11-13)19(21)22/h2-6,11H,7-10H2,1H3. The van der Waals surface area contributed by atoms with E-state index in [9.17, 15) is 23.3 Å². The molecule has 0 radical (unpaired) electrons. The molecule has 1 fully saturated rings. The molecule has 0 bridgehead atoms. The Morgan fingerprint density at radius 2 is 1.85 bits per heavy atom. The number of carbonyl (C=O) groups excluding carboxylic acids is 1. The largest absolute Gasteiger partial charge is 0.336 e. The summed E-state index contributed by atoms with van der Waals surface area (Å²) >= 11 is 1.22. The zero-order valence-corrected chi connectivity index (χ0v) is 15.6. The van der Waals surface area contributed by atoms with E-state index in [1.165, 1.54) is 44.8 Å². The molecule has 0 unspecified atom stereocenters. The smallest absolute Gasteiger partial charge is 0.270 e. The van der Waals surface area contributed by atoms with E-state index in [4.69, 9.17) is 0 Å². The van der Waals surface area contributed by atoms with Crippen LogP contribution in [0.15, 0.2) is 40.6 Å². The topological polar surface area (TPSA) is 101 Å². The van der Waals surface area contributed by atoms with Crippen LogP contribution >= 0.6 is 11.3 Å². The van der Waals surface area contributed by atoms with Crippen molar-refractivity contribution in [1.82, 2.24) is 9.21 Å². The molecule has 1 aliphatic heterocycles. The van der Waals surface area contributed by atoms with Crippen LogP contribution in [0.3, 0.4) is 0 Å². The fraction of sp³-hybridized carbons (Fsp3) is 0.312. The van der Waals surface area contributed by atoms with Gasteiger partial charge in [-0.1, -0.05) is 6.07 Å². The molecule has 0 spiro atoms. The van der Waals surface area contributed by atoms with Crippen molar-refractivity contribution < 1.29 is 18.1 Å². The van der Waals surface area contributed by atoms with Crippen LogP contribution < -0.4 is 0 Å². The van der Waals surface area contributed by atoms with Gasteiger partial charge in [-0.3, -0.25) is 14.9 Å². The lowest BCUT2D eigenvalue weighted by molar-refractivity contribution is -0.384. The van der Waals surface area contributed by atoms with Gasteiger partial charge < -0.3 is 4.90 Å². The minimum atomic E-state index is -3.55. The zero-order chi connectivity index (χ0) is 18.9. The molecule has 1 saturated heterocycles. The molecule has 1 aliphatic rings. The number of nitro benzene ring substituents is 1. The van der Waals surface area contributed by atoms with E-state index in [1.54, 1.807) is 12.1 Å². The first kappa shape index (κ1) is 18.5. The lowest BCUT2D eigenvalue weighted by atomic mass is 10.1. The molecule has 26 heavy (non-hydrogen) atoms. The van der Waals surface area contributed by atoms with Crippen molar-refractivity contribution in [3.05, 3.63) is 57.0 Å². The van der Waals surface area contributed by atoms with Gasteiger partial charge in [0, 0.05) is 48.8 Å². The number of hydrogen-bond donors (Lipinski definition) is 0. The Hall–Kier alpha value is -2.30. The van der Waals surface area contributed by atoms with E-state index in [-0.39, 0.29) is 43.3 Å². The lowest BCUT2D eigenvalue weighted by Gasteiger charge is -2.33. The van der Waals surface area contributed by atoms with Crippen LogP contribution in [-0.2, 0) is 10.0 Å². The predicted molar refractivity (Wildman–Crippen MR) is 96.8 cm³/mol. The average Bonchev–Trinajstić information content (AvgIpc) is 3.08. The van der Waals surface area contributed by atoms with Crippen molar-refractivity contribution in [2.45, 2.75) is 11.1 Å². The van der Waals surface area contributed by atoms with Crippen LogP contribution in [0.4, 0.5) is 5.69 Å². The van der Waals surface area contributed by atoms with Crippen LogP contribution in [0.25, 0.3) is 0 Å². The van der Waals surface area contributed by atoms with E-state index in [0.29, 0.717) is 4.21 Å². The second-order valence-corrected chi connectivity index (χ2v) is 9.32. The van der Waals surface area contributed by atoms with Gasteiger partial charge in [0.05, 0.1) is 4.92 Å². The van der Waals surface area contributed by atoms with Crippen LogP contribution in [0.1, 0.15) is 15.2 Å². The van der Waals surface area contributed by atoms with Gasteiger partial charge in [0.15, 0.2) is 0 Å². The number of carbonyl (C=O) groups is 1. The number of rotatable bonds is 4. The highest BCUT2D eigenvalue weighted by atomic mass is 32.2. The van der Waals surface area contributed by atoms with Gasteiger partial charge in [-0.25, -0.2) is 8.42 Å². The maximum Gasteiger partial charge on any atom is 0.270 e. The highest BCUT2D eigenvalue weighted by molar-refractivity contribution is 7.91. The van der Waals surface area contributed by atoms with Crippen molar-refractivity contribution in [1.29, 1.82) is 0 Å². The van der Waals surface area contributed by atoms with Crippen molar-refractivity contribution >= 4 is 33.0 Å². The Balaban J connectivity index is 1.69. The van der Waals surface area contributed by atoms with Gasteiger partial charge >= 0.3 is 0 Å². The summed E-state index contributed by atoms with van der Waals surface area (Å²) in [7, 11) is -3.55. The molecule has 138 valence electrons. The zero-order valence-electron chi connectivity index (χ0n) is 14.0. The third kappa shape index (κ3) is 3.62. The molecule has 2 aromatic rings. The molecule has 0 aliphatic carbocycles. The second-order valence-electron chi connectivity index (χ2n) is 5.87. The molecule has 1 amide bonds. The maximum atomic E-state index is 12.6. The quantitative estimate of drug-likeness (QED) is 0.583. The molecular formula is C16H17N3O5S2. The number of sulfonamides is 1. The molecule has 0 saturated carbocycles. The number of nitro groups is 1. The van der Waals surface area contributed by atoms with Crippen LogP contribution in [0.2, 0.25) is 0 Å². The Morgan fingerprint density at radius 3 is 2.42 bits per heavy atom. The third-order valence-electron chi connectivity index (χ3n) is 4.14. The summed E-state index contributed by atoms with van der Waals surface area (Å²) < 4.78 is 26.9. The average molecular weight is 395 g/mol. The summed E-state index contributed by atoms with van der Waals surface area (Å²) in [4.78, 5) is 25.3. The first-order valence-electron chi connectivity index (χ1n) is 7.89. The van der Waals surface area contributed by atoms with Gasteiger partial charge in [0.1, 0.15) is 4.21 Å². The summed E-state index contributed by atoms with van der Waals surface area (Å²) in [6, 6.07) is 8.90. The molecule has 1 aromatic heterocycles. The van der Waals surface area contributed by atoms with Crippen molar-refractivity contribution in [3.8, 4) is 0 Å². The summed E-state index contributed by atoms with van der Waals surface area (Å²) in [6.07, 6.45) is 0. The lowest BCUT2D eigenvalue weighted by Crippen LogP contribution is -2.50. The SMILES string of the molecule is Cc1ccc(S(=O)(=O)N2CCN(C(=O)c3cccc([N+](=O)[O-])c3)CC2)s1. The number of piperazine rings is 1. The van der Waals surface area contributed by atoms with E-state index in [1.807, 2.05) is 6.92 Å². The van der Waals surface area contributed by atoms with Crippen LogP contribution in [-0.4, -0.2) is 54.6 Å². The molecular weight excluding hydrogens is 378 g/mol. The third-order valence-corrected chi connectivity index (χ3v) is 7.51. The normalized spacial score (nSPS) is 15.8. The van der Waals surface area contributed by atoms with Crippen LogP contribution in [0.5, 0.6) is 0 Å². The Morgan fingerprint density at radius 1 is 1.15 bits per heavy atom. The summed E-state index contributed by atoms with van der Waals surface area (Å²) in [5.74, 6) is -0.335. The summed E-state index contributed by atoms with van der Waals surface area (Å²) in [5.41, 5.74) is 0.0783. The van der Waals surface area contributed by atoms with Crippen molar-refractivity contribution in [3.63, 3.8) is 0 Å². The fourth-order valence-corrected chi connectivity index (χ4v) is 5.60. The highest BCUT2D eigenvalue weighted by Gasteiger charge is 2.31. The summed E-state index contributed by atoms with van der Waals surface area (Å²) in [5, 5.41) is 10.9. The number of amides is 1. The first-order valence-corrected chi connectivity index (χ1v) is 10.1.